The summed E-state index contributed by atoms with van der Waals surface area (Å²) >= 11 is 0. The Kier molecular flexibility index (Phi) is 6.22. The molecule has 2 N–H and O–H groups in total. The molecule has 0 fully saturated rings. The van der Waals surface area contributed by atoms with Gasteiger partial charge in [-0.3, -0.25) is 0 Å². The van der Waals surface area contributed by atoms with E-state index in [1.54, 1.807) is 0 Å². The zero-order valence-corrected chi connectivity index (χ0v) is 11.4. The Morgan fingerprint density at radius 1 is 1.41 bits per heavy atom. The fourth-order valence-electron chi connectivity index (χ4n) is 2.01. The molecule has 0 aliphatic carbocycles. The number of hydrogen-bond donors (Lipinski definition) is 1. The number of rotatable bonds is 8. The van der Waals surface area contributed by atoms with E-state index in [4.69, 9.17) is 5.73 Å². The molecular formula is C13H26N4. The molecule has 1 aromatic heterocycles. The van der Waals surface area contributed by atoms with Gasteiger partial charge in [0.15, 0.2) is 0 Å². The third-order valence-corrected chi connectivity index (χ3v) is 2.88. The van der Waals surface area contributed by atoms with Gasteiger partial charge in [-0.1, -0.05) is 13.8 Å². The number of aryl methyl sites for hydroxylation is 1. The molecule has 0 amide bonds. The topological polar surface area (TPSA) is 47.1 Å². The van der Waals surface area contributed by atoms with Gasteiger partial charge in [0.2, 0.25) is 0 Å². The van der Waals surface area contributed by atoms with Gasteiger partial charge >= 0.3 is 0 Å². The Bertz CT molecular complexity index is 306. The van der Waals surface area contributed by atoms with Crippen LogP contribution in [-0.2, 0) is 6.54 Å². The SMILES string of the molecule is Cc1nccn1CCN(CCCN)CC(C)C. The van der Waals surface area contributed by atoms with Crippen LogP contribution < -0.4 is 5.73 Å². The monoisotopic (exact) mass is 238 g/mol. The fourth-order valence-corrected chi connectivity index (χ4v) is 2.01. The smallest absolute Gasteiger partial charge is 0.105 e. The van der Waals surface area contributed by atoms with E-state index in [2.05, 4.69) is 28.3 Å². The van der Waals surface area contributed by atoms with Gasteiger partial charge in [-0.25, -0.2) is 4.98 Å². The van der Waals surface area contributed by atoms with Crippen LogP contribution in [0.15, 0.2) is 12.4 Å². The summed E-state index contributed by atoms with van der Waals surface area (Å²) in [6, 6.07) is 0. The van der Waals surface area contributed by atoms with Gasteiger partial charge in [-0.05, 0) is 32.4 Å². The van der Waals surface area contributed by atoms with E-state index in [9.17, 15) is 0 Å². The lowest BCUT2D eigenvalue weighted by Gasteiger charge is -2.24. The zero-order valence-electron chi connectivity index (χ0n) is 11.4. The number of nitrogens with zero attached hydrogens (tertiary/aromatic N) is 3. The molecule has 4 nitrogen and oxygen atoms in total. The first-order valence-corrected chi connectivity index (χ1v) is 6.53. The van der Waals surface area contributed by atoms with Crippen molar-refractivity contribution < 1.29 is 0 Å². The average Bonchev–Trinajstić information content (AvgIpc) is 2.67. The Balaban J connectivity index is 2.40. The van der Waals surface area contributed by atoms with Gasteiger partial charge in [-0.15, -0.1) is 0 Å². The van der Waals surface area contributed by atoms with Gasteiger partial charge < -0.3 is 15.2 Å². The predicted octanol–water partition coefficient (Wildman–Crippen LogP) is 1.50. The molecule has 98 valence electrons. The molecule has 0 saturated carbocycles. The van der Waals surface area contributed by atoms with Crippen molar-refractivity contribution in [2.24, 2.45) is 11.7 Å². The van der Waals surface area contributed by atoms with E-state index >= 15 is 0 Å². The molecule has 0 aromatic carbocycles. The summed E-state index contributed by atoms with van der Waals surface area (Å²) in [5, 5.41) is 0. The Labute approximate surface area is 105 Å². The molecule has 0 aliphatic heterocycles. The number of hydrogen-bond acceptors (Lipinski definition) is 3. The Morgan fingerprint density at radius 2 is 2.18 bits per heavy atom. The standard InChI is InChI=1S/C13H26N4/c1-12(2)11-16(7-4-5-14)9-10-17-8-6-15-13(17)3/h6,8,12H,4-5,7,9-11,14H2,1-3H3. The average molecular weight is 238 g/mol. The summed E-state index contributed by atoms with van der Waals surface area (Å²) in [4.78, 5) is 6.74. The van der Waals surface area contributed by atoms with Crippen LogP contribution >= 0.6 is 0 Å². The molecule has 1 aromatic rings. The molecule has 0 bridgehead atoms. The van der Waals surface area contributed by atoms with Crippen LogP contribution in [0.25, 0.3) is 0 Å². The van der Waals surface area contributed by atoms with Gasteiger partial charge in [0.25, 0.3) is 0 Å². The van der Waals surface area contributed by atoms with Crippen molar-refractivity contribution in [1.29, 1.82) is 0 Å². The van der Waals surface area contributed by atoms with Crippen molar-refractivity contribution in [3.8, 4) is 0 Å². The van der Waals surface area contributed by atoms with Crippen molar-refractivity contribution in [1.82, 2.24) is 14.5 Å². The van der Waals surface area contributed by atoms with Crippen LogP contribution in [0, 0.1) is 12.8 Å². The molecule has 0 atom stereocenters. The minimum atomic E-state index is 0.705. The second-order valence-electron chi connectivity index (χ2n) is 5.00. The first-order valence-electron chi connectivity index (χ1n) is 6.53. The summed E-state index contributed by atoms with van der Waals surface area (Å²) < 4.78 is 2.20. The van der Waals surface area contributed by atoms with Crippen LogP contribution in [0.5, 0.6) is 0 Å². The van der Waals surface area contributed by atoms with Crippen LogP contribution in [-0.4, -0.2) is 40.6 Å². The zero-order chi connectivity index (χ0) is 12.7. The summed E-state index contributed by atoms with van der Waals surface area (Å²) in [6.07, 6.45) is 4.99. The van der Waals surface area contributed by atoms with E-state index in [-0.39, 0.29) is 0 Å². The Morgan fingerprint density at radius 3 is 2.71 bits per heavy atom. The number of nitrogens with two attached hydrogens (primary N) is 1. The van der Waals surface area contributed by atoms with Gasteiger partial charge in [-0.2, -0.15) is 0 Å². The summed E-state index contributed by atoms with van der Waals surface area (Å²) in [5.74, 6) is 1.80. The van der Waals surface area contributed by atoms with Crippen molar-refractivity contribution >= 4 is 0 Å². The Hall–Kier alpha value is -0.870. The van der Waals surface area contributed by atoms with E-state index in [0.717, 1.165) is 45.0 Å². The van der Waals surface area contributed by atoms with Gasteiger partial charge in [0.1, 0.15) is 5.82 Å². The molecule has 0 radical (unpaired) electrons. The number of imidazole rings is 1. The second kappa shape index (κ2) is 7.45. The summed E-state index contributed by atoms with van der Waals surface area (Å²) in [7, 11) is 0. The maximum atomic E-state index is 5.58. The molecule has 0 spiro atoms. The molecule has 1 rings (SSSR count). The predicted molar refractivity (Wildman–Crippen MR) is 71.9 cm³/mol. The molecule has 4 heteroatoms. The number of aromatic nitrogens is 2. The van der Waals surface area contributed by atoms with E-state index in [1.165, 1.54) is 0 Å². The summed E-state index contributed by atoms with van der Waals surface area (Å²) in [5.41, 5.74) is 5.58. The van der Waals surface area contributed by atoms with Gasteiger partial charge in [0, 0.05) is 32.0 Å². The highest BCUT2D eigenvalue weighted by Gasteiger charge is 2.07. The van der Waals surface area contributed by atoms with Crippen LogP contribution in [0.1, 0.15) is 26.1 Å². The van der Waals surface area contributed by atoms with E-state index < -0.39 is 0 Å². The molecule has 0 saturated heterocycles. The maximum Gasteiger partial charge on any atom is 0.105 e. The minimum Gasteiger partial charge on any atom is -0.334 e. The highest BCUT2D eigenvalue weighted by molar-refractivity contribution is 4.88. The lowest BCUT2D eigenvalue weighted by molar-refractivity contribution is 0.233. The normalized spacial score (nSPS) is 11.6. The lowest BCUT2D eigenvalue weighted by Crippen LogP contribution is -2.33. The third-order valence-electron chi connectivity index (χ3n) is 2.88. The lowest BCUT2D eigenvalue weighted by atomic mass is 10.2. The van der Waals surface area contributed by atoms with Crippen molar-refractivity contribution in [3.63, 3.8) is 0 Å². The van der Waals surface area contributed by atoms with E-state index in [1.807, 2.05) is 19.3 Å². The fraction of sp³-hybridized carbons (Fsp3) is 0.769. The van der Waals surface area contributed by atoms with Crippen molar-refractivity contribution in [2.45, 2.75) is 33.7 Å². The van der Waals surface area contributed by atoms with E-state index in [0.29, 0.717) is 5.92 Å². The van der Waals surface area contributed by atoms with Crippen molar-refractivity contribution in [2.75, 3.05) is 26.2 Å². The minimum absolute atomic E-state index is 0.705. The van der Waals surface area contributed by atoms with Gasteiger partial charge in [0.05, 0.1) is 0 Å². The second-order valence-corrected chi connectivity index (χ2v) is 5.00. The highest BCUT2D eigenvalue weighted by atomic mass is 15.2. The van der Waals surface area contributed by atoms with Crippen LogP contribution in [0.3, 0.4) is 0 Å². The van der Waals surface area contributed by atoms with Crippen LogP contribution in [0.2, 0.25) is 0 Å². The highest BCUT2D eigenvalue weighted by Crippen LogP contribution is 2.02. The molecule has 17 heavy (non-hydrogen) atoms. The third kappa shape index (κ3) is 5.33. The summed E-state index contributed by atoms with van der Waals surface area (Å²) in [6.45, 7) is 11.7. The molecule has 0 unspecified atom stereocenters. The van der Waals surface area contributed by atoms with Crippen LogP contribution in [0.4, 0.5) is 0 Å². The molecule has 1 heterocycles. The molecule has 0 aliphatic rings. The molecular weight excluding hydrogens is 212 g/mol. The largest absolute Gasteiger partial charge is 0.334 e. The first kappa shape index (κ1) is 14.2. The quantitative estimate of drug-likeness (QED) is 0.746. The van der Waals surface area contributed by atoms with Crippen molar-refractivity contribution in [3.05, 3.63) is 18.2 Å². The maximum absolute atomic E-state index is 5.58. The first-order chi connectivity index (χ1) is 8.13.